The molecule has 1 aromatic heterocycles. The number of aromatic nitrogens is 1. The minimum Gasteiger partial charge on any atom is -0.362 e. The summed E-state index contributed by atoms with van der Waals surface area (Å²) in [6.45, 7) is 6.62. The summed E-state index contributed by atoms with van der Waals surface area (Å²) < 4.78 is 0. The molecule has 1 aliphatic heterocycles. The first-order valence-corrected chi connectivity index (χ1v) is 7.35. The first-order valence-electron chi connectivity index (χ1n) is 6.94. The van der Waals surface area contributed by atoms with Gasteiger partial charge in [-0.25, -0.2) is 4.98 Å². The number of nitrogens with one attached hydrogen (secondary N) is 2. The van der Waals surface area contributed by atoms with Crippen LogP contribution in [0.1, 0.15) is 24.8 Å². The van der Waals surface area contributed by atoms with Crippen LogP contribution in [0.15, 0.2) is 18.3 Å². The largest absolute Gasteiger partial charge is 0.362 e. The van der Waals surface area contributed by atoms with E-state index in [0.29, 0.717) is 5.11 Å². The minimum atomic E-state index is 0.651. The summed E-state index contributed by atoms with van der Waals surface area (Å²) in [5.41, 5.74) is 1.15. The smallest absolute Gasteiger partial charge is 0.171 e. The monoisotopic (exact) mass is 278 g/mol. The summed E-state index contributed by atoms with van der Waals surface area (Å²) in [6, 6.07) is 3.96. The van der Waals surface area contributed by atoms with Gasteiger partial charge in [-0.3, -0.25) is 0 Å². The molecule has 1 aliphatic rings. The zero-order valence-corrected chi connectivity index (χ0v) is 12.3. The van der Waals surface area contributed by atoms with E-state index in [-0.39, 0.29) is 0 Å². The molecule has 0 amide bonds. The molecule has 104 valence electrons. The van der Waals surface area contributed by atoms with Crippen LogP contribution in [0.5, 0.6) is 0 Å². The highest BCUT2D eigenvalue weighted by atomic mass is 32.1. The third-order valence-corrected chi connectivity index (χ3v) is 3.53. The van der Waals surface area contributed by atoms with E-state index in [1.807, 2.05) is 25.3 Å². The van der Waals surface area contributed by atoms with Crippen molar-refractivity contribution in [2.24, 2.45) is 0 Å². The van der Waals surface area contributed by atoms with Crippen molar-refractivity contribution in [3.05, 3.63) is 23.9 Å². The molecule has 0 spiro atoms. The molecule has 0 radical (unpaired) electrons. The third-order valence-electron chi connectivity index (χ3n) is 3.29. The highest BCUT2D eigenvalue weighted by Gasteiger charge is 2.10. The molecular weight excluding hydrogens is 256 g/mol. The van der Waals surface area contributed by atoms with Gasteiger partial charge in [-0.1, -0.05) is 6.07 Å². The molecule has 5 heteroatoms. The fraction of sp³-hybridized carbons (Fsp3) is 0.571. The Balaban J connectivity index is 1.60. The molecular formula is C14H22N4S. The SMILES string of the molecule is Cc1ccc(NC(=S)NCCCN2CCCC2)nc1. The van der Waals surface area contributed by atoms with Gasteiger partial charge in [0.05, 0.1) is 0 Å². The normalized spacial score (nSPS) is 15.4. The third kappa shape index (κ3) is 5.12. The highest BCUT2D eigenvalue weighted by molar-refractivity contribution is 7.80. The number of hydrogen-bond donors (Lipinski definition) is 2. The Kier molecular flexibility index (Phi) is 5.54. The van der Waals surface area contributed by atoms with Gasteiger partial charge in [-0.2, -0.15) is 0 Å². The summed E-state index contributed by atoms with van der Waals surface area (Å²) >= 11 is 5.24. The van der Waals surface area contributed by atoms with Gasteiger partial charge in [0.2, 0.25) is 0 Å². The maximum Gasteiger partial charge on any atom is 0.171 e. The molecule has 0 unspecified atom stereocenters. The predicted octanol–water partition coefficient (Wildman–Crippen LogP) is 2.16. The standard InChI is InChI=1S/C14H22N4S/c1-12-5-6-13(16-11-12)17-14(19)15-7-4-10-18-8-2-3-9-18/h5-6,11H,2-4,7-10H2,1H3,(H2,15,16,17,19). The zero-order valence-electron chi connectivity index (χ0n) is 11.5. The van der Waals surface area contributed by atoms with E-state index < -0.39 is 0 Å². The molecule has 0 aromatic carbocycles. The van der Waals surface area contributed by atoms with Gasteiger partial charge in [0.15, 0.2) is 5.11 Å². The molecule has 1 aromatic rings. The number of likely N-dealkylation sites (tertiary alicyclic amines) is 1. The highest BCUT2D eigenvalue weighted by Crippen LogP contribution is 2.07. The summed E-state index contributed by atoms with van der Waals surface area (Å²) in [5.74, 6) is 0.794. The molecule has 4 nitrogen and oxygen atoms in total. The second kappa shape index (κ2) is 7.40. The van der Waals surface area contributed by atoms with E-state index in [0.717, 1.165) is 24.3 Å². The molecule has 1 fully saturated rings. The van der Waals surface area contributed by atoms with Crippen molar-refractivity contribution < 1.29 is 0 Å². The van der Waals surface area contributed by atoms with Crippen molar-refractivity contribution in [3.63, 3.8) is 0 Å². The van der Waals surface area contributed by atoms with E-state index >= 15 is 0 Å². The Labute approximate surface area is 120 Å². The van der Waals surface area contributed by atoms with Crippen LogP contribution < -0.4 is 10.6 Å². The summed E-state index contributed by atoms with van der Waals surface area (Å²) in [6.07, 6.45) is 5.67. The number of rotatable bonds is 5. The van der Waals surface area contributed by atoms with Crippen molar-refractivity contribution >= 4 is 23.1 Å². The van der Waals surface area contributed by atoms with Gasteiger partial charge < -0.3 is 15.5 Å². The van der Waals surface area contributed by atoms with Crippen LogP contribution in [0.4, 0.5) is 5.82 Å². The number of thiocarbonyl (C=S) groups is 1. The average molecular weight is 278 g/mol. The molecule has 2 heterocycles. The lowest BCUT2D eigenvalue weighted by atomic mass is 10.3. The summed E-state index contributed by atoms with van der Waals surface area (Å²) in [4.78, 5) is 6.78. The maximum atomic E-state index is 5.24. The van der Waals surface area contributed by atoms with E-state index in [1.54, 1.807) is 0 Å². The maximum absolute atomic E-state index is 5.24. The Bertz CT molecular complexity index is 398. The van der Waals surface area contributed by atoms with E-state index in [1.165, 1.54) is 32.5 Å². The summed E-state index contributed by atoms with van der Waals surface area (Å²) in [7, 11) is 0. The Morgan fingerprint density at radius 2 is 2.16 bits per heavy atom. The van der Waals surface area contributed by atoms with Gasteiger partial charge in [0, 0.05) is 12.7 Å². The minimum absolute atomic E-state index is 0.651. The van der Waals surface area contributed by atoms with Crippen LogP contribution in [0.3, 0.4) is 0 Å². The average Bonchev–Trinajstić information content (AvgIpc) is 2.91. The molecule has 0 bridgehead atoms. The van der Waals surface area contributed by atoms with Crippen LogP contribution in [-0.4, -0.2) is 41.2 Å². The number of hydrogen-bond acceptors (Lipinski definition) is 3. The van der Waals surface area contributed by atoms with Crippen LogP contribution >= 0.6 is 12.2 Å². The van der Waals surface area contributed by atoms with Crippen molar-refractivity contribution in [1.29, 1.82) is 0 Å². The topological polar surface area (TPSA) is 40.2 Å². The number of aryl methyl sites for hydroxylation is 1. The second-order valence-electron chi connectivity index (χ2n) is 5.00. The molecule has 0 aliphatic carbocycles. The van der Waals surface area contributed by atoms with Crippen molar-refractivity contribution in [2.45, 2.75) is 26.2 Å². The first kappa shape index (κ1) is 14.2. The van der Waals surface area contributed by atoms with Crippen molar-refractivity contribution in [1.82, 2.24) is 15.2 Å². The first-order chi connectivity index (χ1) is 9.24. The second-order valence-corrected chi connectivity index (χ2v) is 5.41. The van der Waals surface area contributed by atoms with Gasteiger partial charge in [-0.05, 0) is 69.7 Å². The van der Waals surface area contributed by atoms with Gasteiger partial charge >= 0.3 is 0 Å². The van der Waals surface area contributed by atoms with E-state index in [2.05, 4.69) is 20.5 Å². The van der Waals surface area contributed by atoms with Gasteiger partial charge in [0.25, 0.3) is 0 Å². The summed E-state index contributed by atoms with van der Waals surface area (Å²) in [5, 5.41) is 6.97. The zero-order chi connectivity index (χ0) is 13.5. The Morgan fingerprint density at radius 1 is 1.37 bits per heavy atom. The van der Waals surface area contributed by atoms with Crippen LogP contribution in [0.2, 0.25) is 0 Å². The van der Waals surface area contributed by atoms with Crippen molar-refractivity contribution in [2.75, 3.05) is 31.5 Å². The fourth-order valence-corrected chi connectivity index (χ4v) is 2.42. The Hall–Kier alpha value is -1.20. The van der Waals surface area contributed by atoms with Gasteiger partial charge in [0.1, 0.15) is 5.82 Å². The van der Waals surface area contributed by atoms with Crippen molar-refractivity contribution in [3.8, 4) is 0 Å². The molecule has 0 atom stereocenters. The molecule has 1 saturated heterocycles. The molecule has 19 heavy (non-hydrogen) atoms. The quantitative estimate of drug-likeness (QED) is 0.638. The number of nitrogens with zero attached hydrogens (tertiary/aromatic N) is 2. The number of anilines is 1. The molecule has 2 rings (SSSR count). The van der Waals surface area contributed by atoms with Gasteiger partial charge in [-0.15, -0.1) is 0 Å². The lowest BCUT2D eigenvalue weighted by Gasteiger charge is -2.15. The molecule has 0 saturated carbocycles. The van der Waals surface area contributed by atoms with Crippen LogP contribution in [0, 0.1) is 6.92 Å². The van der Waals surface area contributed by atoms with Crippen LogP contribution in [-0.2, 0) is 0 Å². The lowest BCUT2D eigenvalue weighted by molar-refractivity contribution is 0.334. The van der Waals surface area contributed by atoms with E-state index in [9.17, 15) is 0 Å². The number of pyridine rings is 1. The Morgan fingerprint density at radius 3 is 2.84 bits per heavy atom. The van der Waals surface area contributed by atoms with Crippen LogP contribution in [0.25, 0.3) is 0 Å². The molecule has 2 N–H and O–H groups in total. The van der Waals surface area contributed by atoms with E-state index in [4.69, 9.17) is 12.2 Å². The lowest BCUT2D eigenvalue weighted by Crippen LogP contribution is -2.31. The fourth-order valence-electron chi connectivity index (χ4n) is 2.21. The predicted molar refractivity (Wildman–Crippen MR) is 83.5 cm³/mol.